The average Bonchev–Trinajstić information content (AvgIpc) is 3.81. The van der Waals surface area contributed by atoms with E-state index in [1.807, 2.05) is 85.3 Å². The molecule has 0 aliphatic carbocycles. The molecule has 12 aromatic rings. The van der Waals surface area contributed by atoms with Gasteiger partial charge in [-0.2, -0.15) is 9.97 Å². The second-order valence-electron chi connectivity index (χ2n) is 15.0. The molecule has 0 bridgehead atoms. The van der Waals surface area contributed by atoms with Gasteiger partial charge in [0, 0.05) is 56.0 Å². The molecule has 0 amide bonds. The molecule has 276 valence electrons. The number of hydrogen-bond donors (Lipinski definition) is 0. The van der Waals surface area contributed by atoms with Crippen molar-refractivity contribution in [3.05, 3.63) is 188 Å². The van der Waals surface area contributed by atoms with Gasteiger partial charge in [-0.1, -0.05) is 103 Å². The molecule has 0 spiro atoms. The number of nitrogens with zero attached hydrogens (tertiary/aromatic N) is 7. The number of para-hydroxylation sites is 2. The lowest BCUT2D eigenvalue weighted by atomic mass is 9.92. The van der Waals surface area contributed by atoms with Gasteiger partial charge in [0.1, 0.15) is 0 Å². The van der Waals surface area contributed by atoms with Gasteiger partial charge < -0.3 is 4.57 Å². The molecule has 7 heteroatoms. The van der Waals surface area contributed by atoms with Crippen molar-refractivity contribution in [2.24, 2.45) is 0 Å². The molecule has 7 aromatic carbocycles. The van der Waals surface area contributed by atoms with Crippen LogP contribution in [-0.4, -0.2) is 34.1 Å². The second kappa shape index (κ2) is 13.0. The highest BCUT2D eigenvalue weighted by atomic mass is 15.2. The summed E-state index contributed by atoms with van der Waals surface area (Å²) in [5.41, 5.74) is 11.6. The lowest BCUT2D eigenvalue weighted by molar-refractivity contribution is 0.953. The first-order valence-electron chi connectivity index (χ1n) is 19.7. The topological polar surface area (TPSA) is 74.3 Å². The highest BCUT2D eigenvalue weighted by Crippen LogP contribution is 2.42. The number of hydrogen-bond acceptors (Lipinski definition) is 5. The first-order valence-corrected chi connectivity index (χ1v) is 19.7. The third kappa shape index (κ3) is 5.18. The van der Waals surface area contributed by atoms with E-state index in [0.717, 1.165) is 71.7 Å². The zero-order chi connectivity index (χ0) is 39.0. The quantitative estimate of drug-likeness (QED) is 0.164. The monoisotopic (exact) mass is 755 g/mol. The van der Waals surface area contributed by atoms with Crippen molar-refractivity contribution in [1.29, 1.82) is 0 Å². The predicted octanol–water partition coefficient (Wildman–Crippen LogP) is 12.5. The molecule has 0 fully saturated rings. The first-order chi connectivity index (χ1) is 29.2. The molecule has 0 aliphatic heterocycles. The van der Waals surface area contributed by atoms with Gasteiger partial charge in [-0.15, -0.1) is 0 Å². The summed E-state index contributed by atoms with van der Waals surface area (Å²) in [6, 6.07) is 57.3. The molecule has 0 radical (unpaired) electrons. The Bertz CT molecular complexity index is 3550. The minimum absolute atomic E-state index is 0.569. The van der Waals surface area contributed by atoms with Gasteiger partial charge >= 0.3 is 0 Å². The number of aromatic nitrogens is 7. The highest BCUT2D eigenvalue weighted by Gasteiger charge is 2.21. The molecule has 0 aliphatic rings. The lowest BCUT2D eigenvalue weighted by Gasteiger charge is -2.14. The molecule has 5 aromatic heterocycles. The molecule has 0 saturated heterocycles. The molecule has 0 saturated carbocycles. The summed E-state index contributed by atoms with van der Waals surface area (Å²) in [6.07, 6.45) is 5.68. The maximum absolute atomic E-state index is 5.13. The Morgan fingerprint density at radius 2 is 1.08 bits per heavy atom. The molecule has 0 N–H and O–H groups in total. The fourth-order valence-electron chi connectivity index (χ4n) is 8.93. The van der Waals surface area contributed by atoms with Crippen molar-refractivity contribution in [3.8, 4) is 45.5 Å². The van der Waals surface area contributed by atoms with E-state index in [2.05, 4.69) is 118 Å². The first kappa shape index (κ1) is 33.1. The van der Waals surface area contributed by atoms with Crippen LogP contribution >= 0.6 is 0 Å². The number of pyridine rings is 2. The summed E-state index contributed by atoms with van der Waals surface area (Å²) in [5.74, 6) is 1.82. The van der Waals surface area contributed by atoms with Crippen LogP contribution in [0, 0.1) is 6.92 Å². The van der Waals surface area contributed by atoms with Crippen molar-refractivity contribution >= 4 is 65.3 Å². The molecular formula is C52H33N7. The van der Waals surface area contributed by atoms with E-state index in [-0.39, 0.29) is 0 Å². The average molecular weight is 756 g/mol. The van der Waals surface area contributed by atoms with E-state index in [1.165, 1.54) is 27.1 Å². The van der Waals surface area contributed by atoms with Gasteiger partial charge in [0.05, 0.1) is 39.5 Å². The minimum atomic E-state index is 0.569. The van der Waals surface area contributed by atoms with Crippen LogP contribution in [0.2, 0.25) is 0 Å². The smallest absolute Gasteiger partial charge is 0.238 e. The molecule has 59 heavy (non-hydrogen) atoms. The van der Waals surface area contributed by atoms with Crippen molar-refractivity contribution < 1.29 is 0 Å². The molecule has 0 unspecified atom stereocenters. The fraction of sp³-hybridized carbons (Fsp3) is 0.0192. The summed E-state index contributed by atoms with van der Waals surface area (Å²) in [6.45, 7) is 2.19. The largest absolute Gasteiger partial charge is 0.308 e. The van der Waals surface area contributed by atoms with E-state index in [4.69, 9.17) is 19.9 Å². The van der Waals surface area contributed by atoms with Gasteiger partial charge in [-0.3, -0.25) is 14.5 Å². The van der Waals surface area contributed by atoms with Crippen molar-refractivity contribution in [1.82, 2.24) is 34.1 Å². The maximum Gasteiger partial charge on any atom is 0.238 e. The van der Waals surface area contributed by atoms with Gasteiger partial charge in [0.2, 0.25) is 5.95 Å². The van der Waals surface area contributed by atoms with Gasteiger partial charge in [0.25, 0.3) is 0 Å². The number of rotatable bonds is 5. The van der Waals surface area contributed by atoms with Gasteiger partial charge in [-0.05, 0) is 89.5 Å². The fourth-order valence-corrected chi connectivity index (χ4v) is 8.93. The Labute approximate surface area is 338 Å². The highest BCUT2D eigenvalue weighted by molar-refractivity contribution is 6.21. The van der Waals surface area contributed by atoms with Crippen LogP contribution in [0.4, 0.5) is 0 Å². The van der Waals surface area contributed by atoms with Crippen molar-refractivity contribution in [2.45, 2.75) is 6.92 Å². The predicted molar refractivity (Wildman–Crippen MR) is 240 cm³/mol. The maximum atomic E-state index is 5.13. The van der Waals surface area contributed by atoms with Crippen LogP contribution in [0.25, 0.3) is 111 Å². The van der Waals surface area contributed by atoms with Crippen molar-refractivity contribution in [3.63, 3.8) is 0 Å². The Kier molecular flexibility index (Phi) is 7.31. The second-order valence-corrected chi connectivity index (χ2v) is 15.0. The summed E-state index contributed by atoms with van der Waals surface area (Å²) in [7, 11) is 0. The summed E-state index contributed by atoms with van der Waals surface area (Å²) in [5, 5.41) is 8.12. The third-order valence-electron chi connectivity index (χ3n) is 11.6. The summed E-state index contributed by atoms with van der Waals surface area (Å²) < 4.78 is 4.50. The Morgan fingerprint density at radius 1 is 0.441 bits per heavy atom. The molecule has 5 heterocycles. The van der Waals surface area contributed by atoms with E-state index < -0.39 is 0 Å². The number of fused-ring (bicyclic) bond motifs is 9. The number of aryl methyl sites for hydroxylation is 1. The molecule has 12 rings (SSSR count). The van der Waals surface area contributed by atoms with Crippen LogP contribution < -0.4 is 0 Å². The zero-order valence-corrected chi connectivity index (χ0v) is 32.0. The van der Waals surface area contributed by atoms with E-state index in [9.17, 15) is 0 Å². The Balaban J connectivity index is 1.10. The van der Waals surface area contributed by atoms with Crippen LogP contribution in [-0.2, 0) is 0 Å². The lowest BCUT2D eigenvalue weighted by Crippen LogP contribution is -2.06. The minimum Gasteiger partial charge on any atom is -0.308 e. The normalized spacial score (nSPS) is 11.8. The standard InChI is InChI=1S/C52H33N7/c1-32-24-26-54-49-41(28-36-29-43-39-19-8-10-20-44(39)58(37-17-12-25-53-31-37)47(43)30-40(36)48(32)49)35-22-23-46-42(27-35)38-18-9-11-21-45(38)59(46)52-56-50(33-13-4-2-5-14-33)55-51(57-52)34-15-6-3-7-16-34/h2-31H,1H3. The zero-order valence-electron chi connectivity index (χ0n) is 32.0. The van der Waals surface area contributed by atoms with Crippen LogP contribution in [0.1, 0.15) is 5.56 Å². The Morgan fingerprint density at radius 3 is 1.78 bits per heavy atom. The molecular weight excluding hydrogens is 723 g/mol. The third-order valence-corrected chi connectivity index (χ3v) is 11.6. The summed E-state index contributed by atoms with van der Waals surface area (Å²) >= 11 is 0. The Hall–Kier alpha value is -8.03. The van der Waals surface area contributed by atoms with Gasteiger partial charge in [-0.25, -0.2) is 4.98 Å². The van der Waals surface area contributed by atoms with E-state index in [0.29, 0.717) is 17.6 Å². The van der Waals surface area contributed by atoms with Crippen LogP contribution in [0.5, 0.6) is 0 Å². The number of benzene rings is 7. The van der Waals surface area contributed by atoms with Crippen LogP contribution in [0.15, 0.2) is 182 Å². The van der Waals surface area contributed by atoms with E-state index >= 15 is 0 Å². The summed E-state index contributed by atoms with van der Waals surface area (Å²) in [4.78, 5) is 24.8. The van der Waals surface area contributed by atoms with Crippen molar-refractivity contribution in [2.75, 3.05) is 0 Å². The SMILES string of the molecule is Cc1ccnc2c(-c3ccc4c(c3)c3ccccc3n4-c3nc(-c4ccccc4)nc(-c4ccccc4)n3)cc3cc4c5ccccc5n(-c5cccnc5)c4cc3c12. The molecule has 7 nitrogen and oxygen atoms in total. The van der Waals surface area contributed by atoms with Crippen LogP contribution in [0.3, 0.4) is 0 Å². The molecule has 0 atom stereocenters. The van der Waals surface area contributed by atoms with Gasteiger partial charge in [0.15, 0.2) is 11.6 Å². The van der Waals surface area contributed by atoms with E-state index in [1.54, 1.807) is 0 Å².